The first-order valence-corrected chi connectivity index (χ1v) is 31.3. The van der Waals surface area contributed by atoms with E-state index in [-0.39, 0.29) is 31.1 Å². The summed E-state index contributed by atoms with van der Waals surface area (Å²) < 4.78 is 107. The fourth-order valence-electron chi connectivity index (χ4n) is 15.4. The molecule has 0 amide bonds. The van der Waals surface area contributed by atoms with Crippen LogP contribution in [0.4, 0.5) is 0 Å². The monoisotopic (exact) mass is 1260 g/mol. The fraction of sp³-hybridized carbons (Fsp3) is 0.912. The molecular formula is C57H92O28S. The van der Waals surface area contributed by atoms with E-state index in [2.05, 4.69) is 19.9 Å². The third-order valence-electron chi connectivity index (χ3n) is 20.4. The molecule has 86 heavy (non-hydrogen) atoms. The van der Waals surface area contributed by atoms with Crippen molar-refractivity contribution in [3.63, 3.8) is 0 Å². The highest BCUT2D eigenvalue weighted by atomic mass is 32.3. The Morgan fingerprint density at radius 1 is 0.605 bits per heavy atom. The summed E-state index contributed by atoms with van der Waals surface area (Å²) in [6.07, 6.45) is -32.4. The summed E-state index contributed by atoms with van der Waals surface area (Å²) in [4.78, 5) is 13.7. The van der Waals surface area contributed by atoms with E-state index in [9.17, 15) is 79.0 Å². The summed E-state index contributed by atoms with van der Waals surface area (Å²) in [7, 11) is -3.66. The van der Waals surface area contributed by atoms with Gasteiger partial charge < -0.3 is 113 Å². The van der Waals surface area contributed by atoms with Crippen molar-refractivity contribution in [1.29, 1.82) is 0 Å². The Labute approximate surface area is 500 Å². The van der Waals surface area contributed by atoms with Gasteiger partial charge in [0.25, 0.3) is 0 Å². The van der Waals surface area contributed by atoms with Crippen LogP contribution in [0.25, 0.3) is 0 Å². The summed E-state index contributed by atoms with van der Waals surface area (Å²) in [5.74, 6) is -1.91. The molecular weight excluding hydrogens is 1160 g/mol. The molecule has 13 N–H and O–H groups in total. The summed E-state index contributed by atoms with van der Waals surface area (Å²) in [6.45, 7) is 13.8. The van der Waals surface area contributed by atoms with E-state index in [0.29, 0.717) is 25.7 Å². The van der Waals surface area contributed by atoms with Crippen LogP contribution >= 0.6 is 0 Å². The minimum Gasteiger partial charge on any atom is -0.388 e. The zero-order valence-electron chi connectivity index (χ0n) is 50.1. The van der Waals surface area contributed by atoms with Crippen LogP contribution in [-0.4, -0.2) is 265 Å². The van der Waals surface area contributed by atoms with Crippen LogP contribution in [0.2, 0.25) is 0 Å². The Morgan fingerprint density at radius 2 is 1.13 bits per heavy atom. The molecule has 8 fully saturated rings. The van der Waals surface area contributed by atoms with Gasteiger partial charge >= 0.3 is 10.4 Å². The number of methoxy groups -OCH3 is 1. The van der Waals surface area contributed by atoms with E-state index in [1.165, 1.54) is 67.7 Å². The number of carbonyl (C=O) groups excluding carboxylic acids is 1. The molecule has 5 aliphatic heterocycles. The first-order chi connectivity index (χ1) is 40.0. The van der Waals surface area contributed by atoms with Gasteiger partial charge in [0, 0.05) is 13.0 Å². The maximum atomic E-state index is 13.7. The highest BCUT2D eigenvalue weighted by molar-refractivity contribution is 7.80. The molecule has 0 bridgehead atoms. The molecule has 33 atom stereocenters. The van der Waals surface area contributed by atoms with Gasteiger partial charge in [-0.25, -0.2) is 4.18 Å². The van der Waals surface area contributed by atoms with Gasteiger partial charge in [-0.1, -0.05) is 31.6 Å². The van der Waals surface area contributed by atoms with Crippen molar-refractivity contribution in [1.82, 2.24) is 0 Å². The van der Waals surface area contributed by atoms with Crippen LogP contribution in [-0.2, 0) is 71.5 Å². The van der Waals surface area contributed by atoms with Gasteiger partial charge in [-0.05, 0) is 128 Å². The van der Waals surface area contributed by atoms with Crippen molar-refractivity contribution in [3.8, 4) is 0 Å². The van der Waals surface area contributed by atoms with Crippen molar-refractivity contribution >= 4 is 16.2 Å². The SMILES string of the molecule is CO[C@@H]1[C@@H](O)[C@H](O[C@H]2[C@H](O[C@@H]3[C@@H](O)[C@H](O[C@H]4CC5C(=CC[C@@]6(C)C5CC[C@@H]6[C@@](C)(O)C(=O)/C=C/C(C)(C)O)[C@@]5(C)CC[C@H](OS(=O)(=O)O)CC45)O[C@H](C)[C@H]3O)OC[C@@H](O[C@@H]3O[C@H](C)[C@@H](O)[C@H](O)[C@H]3O[C@@H]3O[C@H](C)[C@H](O)[C@H](O)[C@H]3O)[C@@H]2O)O[C@H](C)[C@H]1O. The standard InChI is InChI=1S/C57H92O28S/c1-22-35(59)40(64)42(66)49(76-22)84-48-41(65)36(60)23(2)79-53(48)81-32-21-75-52(47(39(32)63)83-51-43(67)45(74-10)37(61)24(3)78-51)82-46-38(62)25(4)77-50(44(46)68)80-31-20-27-28-11-12-33(57(9,70)34(58)15-16-54(5,6)69)56(28,8)18-14-29(27)55(7)17-13-26(19-30(31)55)85-86(71,72)73/h14-16,22-28,30-33,35-53,59-70H,11-13,17-21H2,1-10H3,(H,71,72,73)/b16-15+/t22-,23-,24-,25-,26+,27?,28?,30?,31+,32-,33+,35+,36-,37-,38-,39+,40+,41+,42-,43-,44-,45+,46+,47-,48-,49+,50+,51+,52+,53+,55-,56+,57-/m1/s1. The Hall–Kier alpha value is -1.90. The number of rotatable bonds is 17. The molecule has 0 spiro atoms. The molecule has 0 aromatic rings. The highest BCUT2D eigenvalue weighted by Gasteiger charge is 2.64. The first kappa shape index (κ1) is 68.5. The second-order valence-corrected chi connectivity index (χ2v) is 27.7. The second kappa shape index (κ2) is 25.9. The van der Waals surface area contributed by atoms with E-state index in [1.54, 1.807) is 0 Å². The Bertz CT molecular complexity index is 2520. The number of carbonyl (C=O) groups is 1. The smallest absolute Gasteiger partial charge is 0.388 e. The molecule has 28 nitrogen and oxygen atoms in total. The van der Waals surface area contributed by atoms with Crippen LogP contribution in [0.15, 0.2) is 23.8 Å². The fourth-order valence-corrected chi connectivity index (χ4v) is 16.0. The minimum atomic E-state index is -4.90. The lowest BCUT2D eigenvalue weighted by Gasteiger charge is -2.60. The Morgan fingerprint density at radius 3 is 1.73 bits per heavy atom. The summed E-state index contributed by atoms with van der Waals surface area (Å²) in [6, 6.07) is 0. The van der Waals surface area contributed by atoms with E-state index in [4.69, 9.17) is 56.3 Å². The minimum absolute atomic E-state index is 0.0813. The molecule has 3 saturated carbocycles. The van der Waals surface area contributed by atoms with Gasteiger partial charge in [-0.2, -0.15) is 8.42 Å². The largest absolute Gasteiger partial charge is 0.397 e. The average molecular weight is 1260 g/mol. The Balaban J connectivity index is 0.989. The number of ketones is 1. The van der Waals surface area contributed by atoms with Crippen molar-refractivity contribution < 1.29 is 135 Å². The number of allylic oxidation sites excluding steroid dienone is 2. The number of hydrogen-bond acceptors (Lipinski definition) is 27. The van der Waals surface area contributed by atoms with Crippen molar-refractivity contribution in [2.45, 2.75) is 278 Å². The van der Waals surface area contributed by atoms with Crippen LogP contribution in [0.3, 0.4) is 0 Å². The zero-order chi connectivity index (χ0) is 63.2. The van der Waals surface area contributed by atoms with Crippen LogP contribution in [0.1, 0.15) is 107 Å². The predicted molar refractivity (Wildman–Crippen MR) is 290 cm³/mol. The highest BCUT2D eigenvalue weighted by Crippen LogP contribution is 2.67. The topological polar surface area (TPSA) is 425 Å². The van der Waals surface area contributed by atoms with E-state index < -0.39 is 216 Å². The molecule has 4 aliphatic carbocycles. The third kappa shape index (κ3) is 13.4. The van der Waals surface area contributed by atoms with Gasteiger partial charge in [0.1, 0.15) is 97.2 Å². The summed E-state index contributed by atoms with van der Waals surface area (Å²) in [5.41, 5.74) is -3.31. The van der Waals surface area contributed by atoms with E-state index in [1.807, 2.05) is 0 Å². The van der Waals surface area contributed by atoms with Gasteiger partial charge in [0.2, 0.25) is 0 Å². The molecule has 5 heterocycles. The predicted octanol–water partition coefficient (Wildman–Crippen LogP) is -2.10. The van der Waals surface area contributed by atoms with Crippen molar-refractivity contribution in [2.75, 3.05) is 13.7 Å². The van der Waals surface area contributed by atoms with E-state index >= 15 is 0 Å². The Kier molecular flexibility index (Phi) is 20.6. The lowest BCUT2D eigenvalue weighted by Crippen LogP contribution is -2.67. The molecule has 0 aromatic carbocycles. The normalized spacial score (nSPS) is 51.0. The van der Waals surface area contributed by atoms with Crippen molar-refractivity contribution in [2.24, 2.45) is 34.5 Å². The number of aliphatic hydroxyl groups excluding tert-OH is 10. The van der Waals surface area contributed by atoms with Crippen LogP contribution < -0.4 is 0 Å². The number of aliphatic hydroxyl groups is 12. The van der Waals surface area contributed by atoms with Gasteiger partial charge in [-0.3, -0.25) is 9.35 Å². The summed E-state index contributed by atoms with van der Waals surface area (Å²) >= 11 is 0. The molecule has 29 heteroatoms. The molecule has 0 aromatic heterocycles. The average Bonchev–Trinajstić information content (AvgIpc) is 1.33. The maximum Gasteiger partial charge on any atom is 0.397 e. The van der Waals surface area contributed by atoms with Gasteiger partial charge in [-0.15, -0.1) is 0 Å². The van der Waals surface area contributed by atoms with E-state index in [0.717, 1.165) is 5.57 Å². The van der Waals surface area contributed by atoms with Crippen molar-refractivity contribution in [3.05, 3.63) is 23.8 Å². The molecule has 9 rings (SSSR count). The van der Waals surface area contributed by atoms with Gasteiger partial charge in [0.05, 0.1) is 48.8 Å². The van der Waals surface area contributed by atoms with Crippen LogP contribution in [0, 0.1) is 34.5 Å². The number of hydrogen-bond donors (Lipinski definition) is 13. The maximum absolute atomic E-state index is 13.7. The number of ether oxygens (including phenoxy) is 11. The van der Waals surface area contributed by atoms with Crippen LogP contribution in [0.5, 0.6) is 0 Å². The molecule has 0 radical (unpaired) electrons. The summed E-state index contributed by atoms with van der Waals surface area (Å²) in [5, 5.41) is 135. The molecule has 5 saturated heterocycles. The van der Waals surface area contributed by atoms with Gasteiger partial charge in [0.15, 0.2) is 37.2 Å². The molecule has 9 aliphatic rings. The zero-order valence-corrected chi connectivity index (χ0v) is 50.9. The molecule has 3 unspecified atom stereocenters. The third-order valence-corrected chi connectivity index (χ3v) is 20.9. The quantitative estimate of drug-likeness (QED) is 0.0421. The number of fused-ring (bicyclic) bond motifs is 5. The lowest BCUT2D eigenvalue weighted by atomic mass is 9.47. The first-order valence-electron chi connectivity index (χ1n) is 29.9. The molecule has 494 valence electrons. The second-order valence-electron chi connectivity index (χ2n) is 26.7. The lowest BCUT2D eigenvalue weighted by molar-refractivity contribution is -0.398.